The fourth-order valence-corrected chi connectivity index (χ4v) is 3.15. The SMILES string of the molecule is CCNC(=O)C[C@@H]1S/C(=N\N=C(\C)c2cccc(NC(C)=O)c2)NC1=O. The second-order valence-electron chi connectivity index (χ2n) is 5.61. The molecule has 1 fully saturated rings. The van der Waals surface area contributed by atoms with Crippen LogP contribution in [0.25, 0.3) is 0 Å². The second-order valence-corrected chi connectivity index (χ2v) is 6.80. The summed E-state index contributed by atoms with van der Waals surface area (Å²) in [6.07, 6.45) is 0.102. The van der Waals surface area contributed by atoms with E-state index in [0.717, 1.165) is 5.56 Å². The fraction of sp³-hybridized carbons (Fsp3) is 0.353. The van der Waals surface area contributed by atoms with Gasteiger partial charge in [0.1, 0.15) is 5.25 Å². The van der Waals surface area contributed by atoms with E-state index in [0.29, 0.717) is 23.1 Å². The number of carbonyl (C=O) groups excluding carboxylic acids is 3. The molecule has 0 saturated carbocycles. The first kappa shape index (κ1) is 19.6. The minimum atomic E-state index is -0.501. The highest BCUT2D eigenvalue weighted by Gasteiger charge is 2.32. The van der Waals surface area contributed by atoms with Crippen LogP contribution in [0.5, 0.6) is 0 Å². The number of amides is 3. The lowest BCUT2D eigenvalue weighted by Crippen LogP contribution is -2.31. The second kappa shape index (κ2) is 9.14. The number of anilines is 1. The summed E-state index contributed by atoms with van der Waals surface area (Å²) in [7, 11) is 0. The van der Waals surface area contributed by atoms with E-state index in [2.05, 4.69) is 26.2 Å². The van der Waals surface area contributed by atoms with E-state index in [4.69, 9.17) is 0 Å². The maximum atomic E-state index is 11.9. The summed E-state index contributed by atoms with van der Waals surface area (Å²) in [5.74, 6) is -0.573. The zero-order valence-electron chi connectivity index (χ0n) is 14.8. The molecule has 8 nitrogen and oxygen atoms in total. The van der Waals surface area contributed by atoms with Gasteiger partial charge in [-0.05, 0) is 31.5 Å². The van der Waals surface area contributed by atoms with Crippen LogP contribution in [0.1, 0.15) is 32.8 Å². The van der Waals surface area contributed by atoms with Gasteiger partial charge in [0, 0.05) is 25.6 Å². The summed E-state index contributed by atoms with van der Waals surface area (Å²) in [5, 5.41) is 16.1. The topological polar surface area (TPSA) is 112 Å². The van der Waals surface area contributed by atoms with Gasteiger partial charge in [0.15, 0.2) is 5.17 Å². The molecular formula is C17H21N5O3S. The lowest BCUT2D eigenvalue weighted by atomic mass is 10.1. The molecular weight excluding hydrogens is 354 g/mol. The van der Waals surface area contributed by atoms with Crippen molar-refractivity contribution in [3.05, 3.63) is 29.8 Å². The summed E-state index contributed by atoms with van der Waals surface area (Å²) in [4.78, 5) is 34.7. The number of carbonyl (C=O) groups is 3. The number of rotatable bonds is 6. The predicted octanol–water partition coefficient (Wildman–Crippen LogP) is 1.48. The molecule has 3 N–H and O–H groups in total. The summed E-state index contributed by atoms with van der Waals surface area (Å²) in [6.45, 7) is 5.58. The van der Waals surface area contributed by atoms with Crippen molar-refractivity contribution in [2.75, 3.05) is 11.9 Å². The quantitative estimate of drug-likeness (QED) is 0.516. The van der Waals surface area contributed by atoms with Crippen LogP contribution in [0.4, 0.5) is 5.69 Å². The zero-order chi connectivity index (χ0) is 19.1. The molecule has 1 aliphatic rings. The molecule has 3 amide bonds. The molecule has 0 radical (unpaired) electrons. The molecule has 0 aromatic heterocycles. The molecule has 138 valence electrons. The van der Waals surface area contributed by atoms with Gasteiger partial charge in [0.25, 0.3) is 0 Å². The van der Waals surface area contributed by atoms with Gasteiger partial charge < -0.3 is 16.0 Å². The van der Waals surface area contributed by atoms with Crippen molar-refractivity contribution in [1.29, 1.82) is 0 Å². The van der Waals surface area contributed by atoms with Crippen LogP contribution >= 0.6 is 11.8 Å². The average Bonchev–Trinajstić information content (AvgIpc) is 2.92. The van der Waals surface area contributed by atoms with Gasteiger partial charge in [-0.1, -0.05) is 23.9 Å². The smallest absolute Gasteiger partial charge is 0.240 e. The molecule has 1 aromatic rings. The van der Waals surface area contributed by atoms with Gasteiger partial charge >= 0.3 is 0 Å². The molecule has 1 aromatic carbocycles. The number of hydrogen-bond acceptors (Lipinski definition) is 6. The number of hydrogen-bond donors (Lipinski definition) is 3. The van der Waals surface area contributed by atoms with Gasteiger partial charge in [0.05, 0.1) is 5.71 Å². The Morgan fingerprint density at radius 1 is 1.31 bits per heavy atom. The minimum absolute atomic E-state index is 0.102. The molecule has 0 aliphatic carbocycles. The summed E-state index contributed by atoms with van der Waals surface area (Å²) in [6, 6.07) is 7.23. The molecule has 0 spiro atoms. The van der Waals surface area contributed by atoms with E-state index >= 15 is 0 Å². The number of nitrogens with zero attached hydrogens (tertiary/aromatic N) is 2. The Hall–Kier alpha value is -2.68. The minimum Gasteiger partial charge on any atom is -0.356 e. The highest BCUT2D eigenvalue weighted by molar-refractivity contribution is 8.15. The Kier molecular flexibility index (Phi) is 6.90. The van der Waals surface area contributed by atoms with E-state index in [-0.39, 0.29) is 24.1 Å². The first-order valence-corrected chi connectivity index (χ1v) is 9.01. The normalized spacial score (nSPS) is 18.6. The first-order chi connectivity index (χ1) is 12.4. The van der Waals surface area contributed by atoms with Crippen LogP contribution in [0, 0.1) is 0 Å². The third kappa shape index (κ3) is 5.69. The standard InChI is InChI=1S/C17H21N5O3S/c1-4-18-15(24)9-14-16(25)20-17(26-14)22-21-10(2)12-6-5-7-13(8-12)19-11(3)23/h5-8,14H,4,9H2,1-3H3,(H,18,24)(H,19,23)(H,20,22,25)/b21-10-/t14-/m0/s1. The maximum absolute atomic E-state index is 11.9. The van der Waals surface area contributed by atoms with Crippen molar-refractivity contribution < 1.29 is 14.4 Å². The largest absolute Gasteiger partial charge is 0.356 e. The Bertz CT molecular complexity index is 775. The number of benzene rings is 1. The molecule has 0 unspecified atom stereocenters. The van der Waals surface area contributed by atoms with Crippen molar-refractivity contribution in [1.82, 2.24) is 10.6 Å². The van der Waals surface area contributed by atoms with Crippen molar-refractivity contribution in [2.45, 2.75) is 32.4 Å². The van der Waals surface area contributed by atoms with Crippen LogP contribution in [0.2, 0.25) is 0 Å². The van der Waals surface area contributed by atoms with Crippen molar-refractivity contribution >= 4 is 46.1 Å². The van der Waals surface area contributed by atoms with Crippen LogP contribution in [0.15, 0.2) is 34.5 Å². The summed E-state index contributed by atoms with van der Waals surface area (Å²) >= 11 is 1.19. The van der Waals surface area contributed by atoms with Gasteiger partial charge in [0.2, 0.25) is 17.7 Å². The fourth-order valence-electron chi connectivity index (χ4n) is 2.23. The summed E-state index contributed by atoms with van der Waals surface area (Å²) in [5.41, 5.74) is 2.10. The monoisotopic (exact) mass is 375 g/mol. The maximum Gasteiger partial charge on any atom is 0.240 e. The number of amidine groups is 1. The number of nitrogens with one attached hydrogen (secondary N) is 3. The molecule has 1 aliphatic heterocycles. The Morgan fingerprint density at radius 2 is 2.08 bits per heavy atom. The molecule has 1 atom stereocenters. The predicted molar refractivity (Wildman–Crippen MR) is 103 cm³/mol. The van der Waals surface area contributed by atoms with E-state index < -0.39 is 5.25 Å². The Balaban J connectivity index is 2.05. The van der Waals surface area contributed by atoms with Gasteiger partial charge in [-0.15, -0.1) is 5.10 Å². The van der Waals surface area contributed by atoms with Crippen LogP contribution in [-0.4, -0.2) is 40.4 Å². The van der Waals surface area contributed by atoms with E-state index in [1.165, 1.54) is 18.7 Å². The lowest BCUT2D eigenvalue weighted by molar-refractivity contribution is -0.125. The number of thioether (sulfide) groups is 1. The zero-order valence-corrected chi connectivity index (χ0v) is 15.6. The molecule has 1 heterocycles. The average molecular weight is 375 g/mol. The summed E-state index contributed by atoms with van der Waals surface area (Å²) < 4.78 is 0. The molecule has 9 heteroatoms. The third-order valence-electron chi connectivity index (χ3n) is 3.41. The van der Waals surface area contributed by atoms with Crippen LogP contribution < -0.4 is 16.0 Å². The van der Waals surface area contributed by atoms with E-state index in [1.54, 1.807) is 25.1 Å². The van der Waals surface area contributed by atoms with E-state index in [9.17, 15) is 14.4 Å². The van der Waals surface area contributed by atoms with Crippen LogP contribution in [-0.2, 0) is 14.4 Å². The van der Waals surface area contributed by atoms with Gasteiger partial charge in [-0.2, -0.15) is 5.10 Å². The highest BCUT2D eigenvalue weighted by Crippen LogP contribution is 2.22. The molecule has 26 heavy (non-hydrogen) atoms. The van der Waals surface area contributed by atoms with Crippen molar-refractivity contribution in [3.63, 3.8) is 0 Å². The molecule has 0 bridgehead atoms. The highest BCUT2D eigenvalue weighted by atomic mass is 32.2. The lowest BCUT2D eigenvalue weighted by Gasteiger charge is -2.05. The van der Waals surface area contributed by atoms with Crippen molar-refractivity contribution in [3.8, 4) is 0 Å². The van der Waals surface area contributed by atoms with Gasteiger partial charge in [-0.25, -0.2) is 0 Å². The first-order valence-electron chi connectivity index (χ1n) is 8.13. The molecule has 1 saturated heterocycles. The van der Waals surface area contributed by atoms with Crippen LogP contribution in [0.3, 0.4) is 0 Å². The van der Waals surface area contributed by atoms with Gasteiger partial charge in [-0.3, -0.25) is 14.4 Å². The van der Waals surface area contributed by atoms with E-state index in [1.807, 2.05) is 13.0 Å². The Morgan fingerprint density at radius 3 is 2.77 bits per heavy atom. The molecule has 2 rings (SSSR count). The third-order valence-corrected chi connectivity index (χ3v) is 4.48. The van der Waals surface area contributed by atoms with Crippen molar-refractivity contribution in [2.24, 2.45) is 10.2 Å². The Labute approximate surface area is 155 Å².